The quantitative estimate of drug-likeness (QED) is 0.776. The van der Waals surface area contributed by atoms with Crippen molar-refractivity contribution in [2.24, 2.45) is 5.90 Å². The second kappa shape index (κ2) is 4.82. The van der Waals surface area contributed by atoms with E-state index in [9.17, 15) is 0 Å². The molecule has 0 saturated carbocycles. The number of rotatable bonds is 4. The molecule has 0 bridgehead atoms. The maximum absolute atomic E-state index is 4.95. The van der Waals surface area contributed by atoms with E-state index in [1.807, 2.05) is 19.1 Å². The van der Waals surface area contributed by atoms with E-state index in [1.165, 1.54) is 0 Å². The first-order chi connectivity index (χ1) is 7.85. The van der Waals surface area contributed by atoms with Crippen LogP contribution < -0.4 is 5.90 Å². The van der Waals surface area contributed by atoms with Crippen molar-refractivity contribution in [3.63, 3.8) is 0 Å². The minimum atomic E-state index is 0.0985. The van der Waals surface area contributed by atoms with Gasteiger partial charge in [-0.15, -0.1) is 0 Å². The van der Waals surface area contributed by atoms with Crippen molar-refractivity contribution in [1.82, 2.24) is 15.1 Å². The number of hydrogen-bond acceptors (Lipinski definition) is 6. The lowest BCUT2D eigenvalue weighted by Gasteiger charge is -2.00. The van der Waals surface area contributed by atoms with Crippen molar-refractivity contribution in [3.8, 4) is 11.5 Å². The Balaban J connectivity index is 2.34. The van der Waals surface area contributed by atoms with Crippen LogP contribution in [0.5, 0.6) is 0 Å². The van der Waals surface area contributed by atoms with Crippen molar-refractivity contribution in [2.75, 3.05) is 0 Å². The maximum Gasteiger partial charge on any atom is 0.255 e. The van der Waals surface area contributed by atoms with Gasteiger partial charge in [0.25, 0.3) is 5.89 Å². The molecule has 0 aliphatic carbocycles. The first kappa shape index (κ1) is 10.7. The van der Waals surface area contributed by atoms with E-state index in [2.05, 4.69) is 20.0 Å². The zero-order valence-electron chi connectivity index (χ0n) is 8.88. The summed E-state index contributed by atoms with van der Waals surface area (Å²) in [5.41, 5.74) is 1.81. The summed E-state index contributed by atoms with van der Waals surface area (Å²) in [6.07, 6.45) is 2.56. The van der Waals surface area contributed by atoms with E-state index < -0.39 is 0 Å². The first-order valence-electron chi connectivity index (χ1n) is 4.93. The van der Waals surface area contributed by atoms with Gasteiger partial charge < -0.3 is 4.52 Å². The van der Waals surface area contributed by atoms with Crippen LogP contribution >= 0.6 is 0 Å². The molecule has 6 nitrogen and oxygen atoms in total. The molecule has 2 rings (SSSR count). The van der Waals surface area contributed by atoms with Crippen LogP contribution in [0.3, 0.4) is 0 Å². The molecule has 2 aromatic heterocycles. The Kier molecular flexibility index (Phi) is 3.23. The molecule has 0 fully saturated rings. The Bertz CT molecular complexity index is 469. The molecule has 0 saturated heterocycles. The number of nitrogens with two attached hydrogens (primary N) is 1. The van der Waals surface area contributed by atoms with Crippen LogP contribution in [-0.4, -0.2) is 15.1 Å². The van der Waals surface area contributed by atoms with Gasteiger partial charge >= 0.3 is 0 Å². The third-order valence-electron chi connectivity index (χ3n) is 2.16. The standard InChI is InChI=1S/C10H12N4O2/c1-2-7-4-3-5-12-9(7)10-13-8(6-15-11)16-14-10/h3-5H,2,6,11H2,1H3. The molecule has 0 aliphatic rings. The molecule has 16 heavy (non-hydrogen) atoms. The number of aromatic nitrogens is 3. The molecule has 0 aliphatic heterocycles. The van der Waals surface area contributed by atoms with Crippen LogP contribution in [0.15, 0.2) is 22.9 Å². The molecule has 0 spiro atoms. The van der Waals surface area contributed by atoms with E-state index in [-0.39, 0.29) is 6.61 Å². The highest BCUT2D eigenvalue weighted by Gasteiger charge is 2.12. The maximum atomic E-state index is 4.95. The number of pyridine rings is 1. The highest BCUT2D eigenvalue weighted by atomic mass is 16.6. The van der Waals surface area contributed by atoms with Crippen molar-refractivity contribution in [2.45, 2.75) is 20.0 Å². The normalized spacial score (nSPS) is 10.6. The molecular formula is C10H12N4O2. The van der Waals surface area contributed by atoms with E-state index >= 15 is 0 Å². The Morgan fingerprint density at radius 3 is 3.12 bits per heavy atom. The van der Waals surface area contributed by atoms with Crippen molar-refractivity contribution in [1.29, 1.82) is 0 Å². The molecule has 6 heteroatoms. The Hall–Kier alpha value is -1.79. The van der Waals surface area contributed by atoms with Crippen LogP contribution in [0.2, 0.25) is 0 Å². The van der Waals surface area contributed by atoms with Gasteiger partial charge in [-0.25, -0.2) is 5.90 Å². The second-order valence-corrected chi connectivity index (χ2v) is 3.19. The van der Waals surface area contributed by atoms with Crippen LogP contribution in [-0.2, 0) is 17.9 Å². The second-order valence-electron chi connectivity index (χ2n) is 3.19. The molecule has 2 aromatic rings. The minimum absolute atomic E-state index is 0.0985. The molecule has 0 amide bonds. The fourth-order valence-electron chi connectivity index (χ4n) is 1.41. The highest BCUT2D eigenvalue weighted by Crippen LogP contribution is 2.18. The fraction of sp³-hybridized carbons (Fsp3) is 0.300. The predicted octanol–water partition coefficient (Wildman–Crippen LogP) is 1.08. The number of hydrogen-bond donors (Lipinski definition) is 1. The Morgan fingerprint density at radius 2 is 2.38 bits per heavy atom. The van der Waals surface area contributed by atoms with Crippen LogP contribution in [0.25, 0.3) is 11.5 Å². The summed E-state index contributed by atoms with van der Waals surface area (Å²) in [5.74, 6) is 5.72. The lowest BCUT2D eigenvalue weighted by Crippen LogP contribution is -1.99. The lowest BCUT2D eigenvalue weighted by molar-refractivity contribution is 0.0996. The molecule has 84 valence electrons. The summed E-state index contributed by atoms with van der Waals surface area (Å²) in [5, 5.41) is 3.83. The monoisotopic (exact) mass is 220 g/mol. The summed E-state index contributed by atoms with van der Waals surface area (Å²) in [6, 6.07) is 3.87. The first-order valence-corrected chi connectivity index (χ1v) is 4.93. The summed E-state index contributed by atoms with van der Waals surface area (Å²) in [6.45, 7) is 2.14. The van der Waals surface area contributed by atoms with Gasteiger partial charge in [0.05, 0.1) is 0 Å². The van der Waals surface area contributed by atoms with Crippen molar-refractivity contribution < 1.29 is 9.36 Å². The highest BCUT2D eigenvalue weighted by molar-refractivity contribution is 5.53. The van der Waals surface area contributed by atoms with Crippen molar-refractivity contribution >= 4 is 0 Å². The van der Waals surface area contributed by atoms with Crippen LogP contribution in [0, 0.1) is 0 Å². The van der Waals surface area contributed by atoms with E-state index in [1.54, 1.807) is 6.20 Å². The molecule has 0 aromatic carbocycles. The zero-order chi connectivity index (χ0) is 11.4. The molecular weight excluding hydrogens is 208 g/mol. The van der Waals surface area contributed by atoms with Gasteiger partial charge in [0, 0.05) is 6.20 Å². The van der Waals surface area contributed by atoms with Crippen molar-refractivity contribution in [3.05, 3.63) is 29.8 Å². The third-order valence-corrected chi connectivity index (χ3v) is 2.16. The predicted molar refractivity (Wildman–Crippen MR) is 55.9 cm³/mol. The molecule has 0 radical (unpaired) electrons. The zero-order valence-corrected chi connectivity index (χ0v) is 8.88. The Labute approximate surface area is 92.4 Å². The van der Waals surface area contributed by atoms with Gasteiger partial charge in [-0.3, -0.25) is 9.82 Å². The lowest BCUT2D eigenvalue weighted by atomic mass is 10.1. The third kappa shape index (κ3) is 2.07. The number of nitrogens with zero attached hydrogens (tertiary/aromatic N) is 3. The molecule has 2 heterocycles. The van der Waals surface area contributed by atoms with Gasteiger partial charge in [0.15, 0.2) is 0 Å². The molecule has 0 atom stereocenters. The SMILES string of the molecule is CCc1cccnc1-c1noc(CON)n1. The van der Waals surface area contributed by atoms with Gasteiger partial charge in [-0.05, 0) is 18.1 Å². The van der Waals surface area contributed by atoms with E-state index in [4.69, 9.17) is 10.4 Å². The average molecular weight is 220 g/mol. The van der Waals surface area contributed by atoms with E-state index in [0.717, 1.165) is 17.7 Å². The summed E-state index contributed by atoms with van der Waals surface area (Å²) >= 11 is 0. The molecule has 2 N–H and O–H groups in total. The number of aryl methyl sites for hydroxylation is 1. The minimum Gasteiger partial charge on any atom is -0.336 e. The average Bonchev–Trinajstić information content (AvgIpc) is 2.78. The largest absolute Gasteiger partial charge is 0.336 e. The fourth-order valence-corrected chi connectivity index (χ4v) is 1.41. The van der Waals surface area contributed by atoms with Crippen LogP contribution in [0.1, 0.15) is 18.4 Å². The van der Waals surface area contributed by atoms with Gasteiger partial charge in [0.1, 0.15) is 12.3 Å². The topological polar surface area (TPSA) is 87.1 Å². The Morgan fingerprint density at radius 1 is 1.50 bits per heavy atom. The van der Waals surface area contributed by atoms with Crippen LogP contribution in [0.4, 0.5) is 0 Å². The van der Waals surface area contributed by atoms with E-state index in [0.29, 0.717) is 11.7 Å². The van der Waals surface area contributed by atoms with Gasteiger partial charge in [-0.1, -0.05) is 18.1 Å². The summed E-state index contributed by atoms with van der Waals surface area (Å²) in [7, 11) is 0. The van der Waals surface area contributed by atoms with Gasteiger partial charge in [0.2, 0.25) is 5.82 Å². The summed E-state index contributed by atoms with van der Waals surface area (Å²) in [4.78, 5) is 12.8. The molecule has 0 unspecified atom stereocenters. The smallest absolute Gasteiger partial charge is 0.255 e. The summed E-state index contributed by atoms with van der Waals surface area (Å²) < 4.78 is 4.95. The van der Waals surface area contributed by atoms with Gasteiger partial charge in [-0.2, -0.15) is 4.98 Å².